The number of benzene rings is 1. The van der Waals surface area contributed by atoms with E-state index in [2.05, 4.69) is 0 Å². The van der Waals surface area contributed by atoms with Gasteiger partial charge in [-0.15, -0.1) is 3.89 Å². The Labute approximate surface area is 118 Å². The molecule has 1 fully saturated rings. The van der Waals surface area contributed by atoms with E-state index in [1.165, 1.54) is 0 Å². The highest BCUT2D eigenvalue weighted by Crippen LogP contribution is 2.30. The van der Waals surface area contributed by atoms with Crippen molar-refractivity contribution >= 4 is 16.1 Å². The highest BCUT2D eigenvalue weighted by atomic mass is 32.3. The van der Waals surface area contributed by atoms with Crippen molar-refractivity contribution < 1.29 is 17.1 Å². The number of carbonyl (C=O) groups is 1. The number of carbonyl (C=O) groups excluding carboxylic acids is 1. The van der Waals surface area contributed by atoms with Gasteiger partial charge in [-0.25, -0.2) is 0 Å². The normalized spacial score (nSPS) is 21.2. The molecule has 2 rings (SSSR count). The number of likely N-dealkylation sites (tertiary alicyclic amines) is 1. The largest absolute Gasteiger partial charge is 0.336 e. The van der Waals surface area contributed by atoms with Crippen molar-refractivity contribution in [1.29, 1.82) is 0 Å². The molecule has 2 atom stereocenters. The lowest BCUT2D eigenvalue weighted by molar-refractivity contribution is -0.129. The molecule has 2 unspecified atom stereocenters. The van der Waals surface area contributed by atoms with Crippen LogP contribution < -0.4 is 0 Å². The fourth-order valence-electron chi connectivity index (χ4n) is 2.80. The van der Waals surface area contributed by atoms with Crippen LogP contribution in [0.1, 0.15) is 30.5 Å². The predicted molar refractivity (Wildman–Crippen MR) is 74.3 cm³/mol. The van der Waals surface area contributed by atoms with Crippen LogP contribution in [0.2, 0.25) is 0 Å². The monoisotopic (exact) mass is 299 g/mol. The molecule has 0 spiro atoms. The van der Waals surface area contributed by atoms with Gasteiger partial charge in [0.15, 0.2) is 0 Å². The Kier molecular flexibility index (Phi) is 4.13. The van der Waals surface area contributed by atoms with Crippen molar-refractivity contribution in [3.8, 4) is 0 Å². The highest BCUT2D eigenvalue weighted by molar-refractivity contribution is 7.86. The van der Waals surface area contributed by atoms with Gasteiger partial charge in [0, 0.05) is 18.9 Å². The fraction of sp³-hybridized carbons (Fsp3) is 0.500. The van der Waals surface area contributed by atoms with Crippen LogP contribution >= 0.6 is 0 Å². The molecule has 1 saturated heterocycles. The maximum absolute atomic E-state index is 12.7. The summed E-state index contributed by atoms with van der Waals surface area (Å²) in [7, 11) is -4.53. The summed E-state index contributed by atoms with van der Waals surface area (Å²) in [5, 5.41) is 0. The van der Waals surface area contributed by atoms with Crippen LogP contribution in [0.15, 0.2) is 24.3 Å². The summed E-state index contributed by atoms with van der Waals surface area (Å²) < 4.78 is 34.1. The minimum Gasteiger partial charge on any atom is -0.336 e. The summed E-state index contributed by atoms with van der Waals surface area (Å²) in [4.78, 5) is 13.6. The Hall–Kier alpha value is -1.43. The molecular formula is C14H18FNO3S. The van der Waals surface area contributed by atoms with Crippen LogP contribution in [-0.4, -0.2) is 31.5 Å². The third-order valence-corrected chi connectivity index (χ3v) is 4.65. The van der Waals surface area contributed by atoms with Gasteiger partial charge in [0.05, 0.1) is 11.8 Å². The van der Waals surface area contributed by atoms with Gasteiger partial charge in [-0.2, -0.15) is 8.42 Å². The predicted octanol–water partition coefficient (Wildman–Crippen LogP) is 2.20. The number of nitrogens with zero attached hydrogens (tertiary/aromatic N) is 1. The van der Waals surface area contributed by atoms with Crippen molar-refractivity contribution in [3.05, 3.63) is 35.4 Å². The van der Waals surface area contributed by atoms with Crippen LogP contribution in [0.25, 0.3) is 0 Å². The SMILES string of the molecule is Cc1ccccc1C(C)N1CC(CS(=O)(=O)F)CC1=O. The molecule has 1 amide bonds. The molecular weight excluding hydrogens is 281 g/mol. The first-order valence-electron chi connectivity index (χ1n) is 6.55. The van der Waals surface area contributed by atoms with E-state index < -0.39 is 21.9 Å². The smallest absolute Gasteiger partial charge is 0.302 e. The second-order valence-corrected chi connectivity index (χ2v) is 6.77. The van der Waals surface area contributed by atoms with Gasteiger partial charge in [-0.1, -0.05) is 24.3 Å². The molecule has 1 aliphatic rings. The molecule has 6 heteroatoms. The summed E-state index contributed by atoms with van der Waals surface area (Å²) in [6.07, 6.45) is 0.0966. The average molecular weight is 299 g/mol. The number of halogens is 1. The second kappa shape index (κ2) is 5.52. The molecule has 0 bridgehead atoms. The molecule has 0 aliphatic carbocycles. The van der Waals surface area contributed by atoms with Gasteiger partial charge >= 0.3 is 10.2 Å². The van der Waals surface area contributed by atoms with Crippen LogP contribution in [0.5, 0.6) is 0 Å². The molecule has 1 heterocycles. The maximum atomic E-state index is 12.7. The molecule has 0 N–H and O–H groups in total. The Morgan fingerprint density at radius 3 is 2.65 bits per heavy atom. The maximum Gasteiger partial charge on any atom is 0.302 e. The number of hydrogen-bond donors (Lipinski definition) is 0. The molecule has 1 aromatic carbocycles. The first-order valence-corrected chi connectivity index (χ1v) is 8.10. The topological polar surface area (TPSA) is 54.5 Å². The van der Waals surface area contributed by atoms with Gasteiger partial charge in [0.1, 0.15) is 0 Å². The number of hydrogen-bond acceptors (Lipinski definition) is 3. The van der Waals surface area contributed by atoms with Gasteiger partial charge < -0.3 is 4.90 Å². The zero-order valence-corrected chi connectivity index (χ0v) is 12.4. The summed E-state index contributed by atoms with van der Waals surface area (Å²) in [6, 6.07) is 7.62. The van der Waals surface area contributed by atoms with E-state index in [9.17, 15) is 17.1 Å². The fourth-order valence-corrected chi connectivity index (χ4v) is 3.59. The van der Waals surface area contributed by atoms with Crippen LogP contribution in [0.3, 0.4) is 0 Å². The molecule has 110 valence electrons. The highest BCUT2D eigenvalue weighted by Gasteiger charge is 2.35. The van der Waals surface area contributed by atoms with E-state index in [0.717, 1.165) is 11.1 Å². The number of amides is 1. The van der Waals surface area contributed by atoms with Crippen molar-refractivity contribution in [2.24, 2.45) is 5.92 Å². The Bertz CT molecular complexity index is 615. The quantitative estimate of drug-likeness (QED) is 0.801. The third-order valence-electron chi connectivity index (χ3n) is 3.78. The first-order chi connectivity index (χ1) is 9.28. The van der Waals surface area contributed by atoms with Gasteiger partial charge in [-0.05, 0) is 25.0 Å². The van der Waals surface area contributed by atoms with Gasteiger partial charge in [0.2, 0.25) is 5.91 Å². The summed E-state index contributed by atoms with van der Waals surface area (Å²) in [5.74, 6) is -1.14. The molecule has 4 nitrogen and oxygen atoms in total. The van der Waals surface area contributed by atoms with Crippen LogP contribution in [0, 0.1) is 12.8 Å². The summed E-state index contributed by atoms with van der Waals surface area (Å²) in [6.45, 7) is 4.17. The lowest BCUT2D eigenvalue weighted by Gasteiger charge is -2.26. The lowest BCUT2D eigenvalue weighted by atomic mass is 10.0. The van der Waals surface area contributed by atoms with E-state index in [1.807, 2.05) is 38.1 Å². The van der Waals surface area contributed by atoms with Crippen molar-refractivity contribution in [1.82, 2.24) is 4.90 Å². The van der Waals surface area contributed by atoms with E-state index in [0.29, 0.717) is 0 Å². The van der Waals surface area contributed by atoms with Crippen molar-refractivity contribution in [2.45, 2.75) is 26.3 Å². The summed E-state index contributed by atoms with van der Waals surface area (Å²) in [5.41, 5.74) is 2.11. The molecule has 1 aliphatic heterocycles. The molecule has 1 aromatic rings. The Morgan fingerprint density at radius 2 is 2.05 bits per heavy atom. The minimum atomic E-state index is -4.53. The minimum absolute atomic E-state index is 0.0966. The number of rotatable bonds is 4. The Balaban J connectivity index is 2.14. The molecule has 20 heavy (non-hydrogen) atoms. The molecule has 0 saturated carbocycles. The standard InChI is InChI=1S/C14H18FNO3S/c1-10-5-3-4-6-13(10)11(2)16-8-12(7-14(16)17)9-20(15,18)19/h3-6,11-12H,7-9H2,1-2H3. The molecule has 0 aromatic heterocycles. The second-order valence-electron chi connectivity index (χ2n) is 5.35. The zero-order chi connectivity index (χ0) is 14.9. The van der Waals surface area contributed by atoms with Crippen molar-refractivity contribution in [2.75, 3.05) is 12.3 Å². The van der Waals surface area contributed by atoms with E-state index in [1.54, 1.807) is 4.90 Å². The summed E-state index contributed by atoms with van der Waals surface area (Å²) >= 11 is 0. The van der Waals surface area contributed by atoms with Crippen LogP contribution in [-0.2, 0) is 15.0 Å². The van der Waals surface area contributed by atoms with Gasteiger partial charge in [0.25, 0.3) is 0 Å². The van der Waals surface area contributed by atoms with E-state index in [4.69, 9.17) is 0 Å². The van der Waals surface area contributed by atoms with E-state index >= 15 is 0 Å². The van der Waals surface area contributed by atoms with Crippen LogP contribution in [0.4, 0.5) is 3.89 Å². The molecule has 0 radical (unpaired) electrons. The lowest BCUT2D eigenvalue weighted by Crippen LogP contribution is -2.29. The average Bonchev–Trinajstić information content (AvgIpc) is 2.67. The zero-order valence-electron chi connectivity index (χ0n) is 11.5. The van der Waals surface area contributed by atoms with E-state index in [-0.39, 0.29) is 24.9 Å². The van der Waals surface area contributed by atoms with Gasteiger partial charge in [-0.3, -0.25) is 4.79 Å². The third kappa shape index (κ3) is 3.36. The number of aryl methyl sites for hydroxylation is 1. The first kappa shape index (κ1) is 15.0. The van der Waals surface area contributed by atoms with Crippen molar-refractivity contribution in [3.63, 3.8) is 0 Å². The Morgan fingerprint density at radius 1 is 1.40 bits per heavy atom.